The lowest BCUT2D eigenvalue weighted by Crippen LogP contribution is -2.31. The van der Waals surface area contributed by atoms with E-state index in [1.807, 2.05) is 30.3 Å². The second-order valence-corrected chi connectivity index (χ2v) is 9.57. The highest BCUT2D eigenvalue weighted by atomic mass is 35.5. The van der Waals surface area contributed by atoms with Crippen molar-refractivity contribution in [2.24, 2.45) is 0 Å². The minimum Gasteiger partial charge on any atom is -0.493 e. The van der Waals surface area contributed by atoms with E-state index < -0.39 is 0 Å². The first-order chi connectivity index (χ1) is 19.3. The number of nitrogens with one attached hydrogen (secondary N) is 2. The van der Waals surface area contributed by atoms with Crippen molar-refractivity contribution in [3.63, 3.8) is 0 Å². The van der Waals surface area contributed by atoms with Crippen LogP contribution in [0.4, 0.5) is 0 Å². The summed E-state index contributed by atoms with van der Waals surface area (Å²) < 4.78 is 15.8. The molecule has 0 aliphatic rings. The molecule has 8 nitrogen and oxygen atoms in total. The first kappa shape index (κ1) is 30.5. The van der Waals surface area contributed by atoms with Crippen LogP contribution in [0.15, 0.2) is 66.7 Å². The molecule has 3 rings (SSSR count). The van der Waals surface area contributed by atoms with E-state index in [1.165, 1.54) is 0 Å². The Labute approximate surface area is 240 Å². The van der Waals surface area contributed by atoms with Crippen LogP contribution in [0.5, 0.6) is 11.5 Å². The SMILES string of the molecule is CCOC(=O)CC(CNC(=O)Cc1ccc(C(=O)NCCc2ccc(Cl)cc2)cc1)c1ccc(OC)c(OC)c1. The normalized spacial score (nSPS) is 11.3. The van der Waals surface area contributed by atoms with Crippen molar-refractivity contribution < 1.29 is 28.6 Å². The van der Waals surface area contributed by atoms with E-state index in [1.54, 1.807) is 57.5 Å². The van der Waals surface area contributed by atoms with E-state index in [0.717, 1.165) is 16.7 Å². The molecule has 3 aromatic rings. The van der Waals surface area contributed by atoms with Crippen LogP contribution in [0.3, 0.4) is 0 Å². The lowest BCUT2D eigenvalue weighted by molar-refractivity contribution is -0.143. The maximum atomic E-state index is 12.7. The van der Waals surface area contributed by atoms with Crippen molar-refractivity contribution in [2.75, 3.05) is 33.9 Å². The Kier molecular flexibility index (Phi) is 11.8. The highest BCUT2D eigenvalue weighted by Gasteiger charge is 2.20. The van der Waals surface area contributed by atoms with E-state index in [9.17, 15) is 14.4 Å². The summed E-state index contributed by atoms with van der Waals surface area (Å²) in [5.74, 6) is 0.0645. The predicted molar refractivity (Wildman–Crippen MR) is 154 cm³/mol. The molecule has 2 amide bonds. The van der Waals surface area contributed by atoms with E-state index in [2.05, 4.69) is 10.6 Å². The largest absolute Gasteiger partial charge is 0.493 e. The van der Waals surface area contributed by atoms with E-state index >= 15 is 0 Å². The summed E-state index contributed by atoms with van der Waals surface area (Å²) in [6.45, 7) is 2.76. The van der Waals surface area contributed by atoms with Crippen molar-refractivity contribution in [3.05, 3.63) is 94.0 Å². The van der Waals surface area contributed by atoms with Crippen LogP contribution in [0.1, 0.15) is 46.3 Å². The van der Waals surface area contributed by atoms with Crippen LogP contribution in [-0.4, -0.2) is 51.7 Å². The summed E-state index contributed by atoms with van der Waals surface area (Å²) in [6.07, 6.45) is 0.934. The molecule has 0 saturated carbocycles. The minimum atomic E-state index is -0.349. The highest BCUT2D eigenvalue weighted by Crippen LogP contribution is 2.31. The van der Waals surface area contributed by atoms with Crippen LogP contribution in [0, 0.1) is 0 Å². The molecule has 0 spiro atoms. The molecule has 9 heteroatoms. The summed E-state index contributed by atoms with van der Waals surface area (Å²) >= 11 is 5.91. The Morgan fingerprint density at radius 3 is 2.17 bits per heavy atom. The molecule has 0 fully saturated rings. The van der Waals surface area contributed by atoms with Gasteiger partial charge in [0.1, 0.15) is 0 Å². The monoisotopic (exact) mass is 566 g/mol. The second kappa shape index (κ2) is 15.5. The maximum Gasteiger partial charge on any atom is 0.306 e. The van der Waals surface area contributed by atoms with Crippen molar-refractivity contribution in [3.8, 4) is 11.5 Å². The fraction of sp³-hybridized carbons (Fsp3) is 0.323. The third kappa shape index (κ3) is 9.31. The molecule has 0 bridgehead atoms. The molecule has 0 radical (unpaired) electrons. The van der Waals surface area contributed by atoms with Gasteiger partial charge in [-0.15, -0.1) is 0 Å². The second-order valence-electron chi connectivity index (χ2n) is 9.13. The van der Waals surface area contributed by atoms with Gasteiger partial charge < -0.3 is 24.8 Å². The van der Waals surface area contributed by atoms with Crippen molar-refractivity contribution in [1.29, 1.82) is 0 Å². The van der Waals surface area contributed by atoms with Gasteiger partial charge in [-0.1, -0.05) is 41.9 Å². The quantitative estimate of drug-likeness (QED) is 0.274. The molecule has 0 saturated heterocycles. The summed E-state index contributed by atoms with van der Waals surface area (Å²) in [5.41, 5.74) is 3.19. The van der Waals surface area contributed by atoms with Gasteiger partial charge in [0.25, 0.3) is 5.91 Å². The fourth-order valence-corrected chi connectivity index (χ4v) is 4.29. The van der Waals surface area contributed by atoms with Crippen LogP contribution < -0.4 is 20.1 Å². The van der Waals surface area contributed by atoms with Gasteiger partial charge in [0, 0.05) is 29.6 Å². The third-order valence-corrected chi connectivity index (χ3v) is 6.59. The van der Waals surface area contributed by atoms with Crippen LogP contribution in [-0.2, 0) is 27.2 Å². The van der Waals surface area contributed by atoms with Gasteiger partial charge in [0.15, 0.2) is 11.5 Å². The number of hydrogen-bond acceptors (Lipinski definition) is 6. The average molecular weight is 567 g/mol. The molecule has 0 aliphatic carbocycles. The average Bonchev–Trinajstić information content (AvgIpc) is 2.96. The molecular weight excluding hydrogens is 532 g/mol. The molecular formula is C31H35ClN2O6. The molecule has 0 aliphatic heterocycles. The fourth-order valence-electron chi connectivity index (χ4n) is 4.17. The number of benzene rings is 3. The standard InChI is InChI=1S/C31H35ClN2O6/c1-4-40-30(36)19-25(24-11-14-27(38-2)28(18-24)39-3)20-34-29(35)17-22-5-9-23(10-6-22)31(37)33-16-15-21-7-12-26(32)13-8-21/h5-14,18,25H,4,15-17,19-20H2,1-3H3,(H,33,37)(H,34,35). The number of amides is 2. The molecule has 2 N–H and O–H groups in total. The summed E-state index contributed by atoms with van der Waals surface area (Å²) in [7, 11) is 3.09. The summed E-state index contributed by atoms with van der Waals surface area (Å²) in [6, 6.07) is 19.8. The first-order valence-electron chi connectivity index (χ1n) is 13.1. The van der Waals surface area contributed by atoms with Crippen LogP contribution in [0.2, 0.25) is 5.02 Å². The zero-order valence-electron chi connectivity index (χ0n) is 23.0. The topological polar surface area (TPSA) is 103 Å². The number of esters is 1. The Bertz CT molecular complexity index is 1280. The molecule has 212 valence electrons. The van der Waals surface area contributed by atoms with Crippen molar-refractivity contribution in [1.82, 2.24) is 10.6 Å². The van der Waals surface area contributed by atoms with E-state index in [4.69, 9.17) is 25.8 Å². The molecule has 1 unspecified atom stereocenters. The number of methoxy groups -OCH3 is 2. The zero-order chi connectivity index (χ0) is 28.9. The van der Waals surface area contributed by atoms with E-state index in [0.29, 0.717) is 35.1 Å². The zero-order valence-corrected chi connectivity index (χ0v) is 23.8. The first-order valence-corrected chi connectivity index (χ1v) is 13.5. The number of halogens is 1. The van der Waals surface area contributed by atoms with Crippen LogP contribution in [0.25, 0.3) is 0 Å². The van der Waals surface area contributed by atoms with Gasteiger partial charge in [0.05, 0.1) is 33.7 Å². The lowest BCUT2D eigenvalue weighted by Gasteiger charge is -2.19. The number of hydrogen-bond donors (Lipinski definition) is 2. The summed E-state index contributed by atoms with van der Waals surface area (Å²) in [4.78, 5) is 37.5. The Morgan fingerprint density at radius 1 is 0.850 bits per heavy atom. The molecule has 40 heavy (non-hydrogen) atoms. The minimum absolute atomic E-state index is 0.103. The molecule has 0 heterocycles. The van der Waals surface area contributed by atoms with Gasteiger partial charge in [-0.25, -0.2) is 0 Å². The number of rotatable bonds is 14. The molecule has 1 atom stereocenters. The Hall–Kier alpha value is -4.04. The lowest BCUT2D eigenvalue weighted by atomic mass is 9.95. The van der Waals surface area contributed by atoms with Crippen molar-refractivity contribution >= 4 is 29.4 Å². The third-order valence-electron chi connectivity index (χ3n) is 6.34. The smallest absolute Gasteiger partial charge is 0.306 e. The Balaban J connectivity index is 1.54. The van der Waals surface area contributed by atoms with E-state index in [-0.39, 0.29) is 49.7 Å². The van der Waals surface area contributed by atoms with Gasteiger partial charge in [-0.2, -0.15) is 0 Å². The van der Waals surface area contributed by atoms with Gasteiger partial charge in [0.2, 0.25) is 5.91 Å². The number of ether oxygens (including phenoxy) is 3. The molecule has 0 aromatic heterocycles. The van der Waals surface area contributed by atoms with Gasteiger partial charge in [-0.05, 0) is 66.4 Å². The number of carbonyl (C=O) groups excluding carboxylic acids is 3. The number of carbonyl (C=O) groups is 3. The van der Waals surface area contributed by atoms with Gasteiger partial charge >= 0.3 is 5.97 Å². The predicted octanol–water partition coefficient (Wildman–Crippen LogP) is 4.73. The maximum absolute atomic E-state index is 12.7. The Morgan fingerprint density at radius 2 is 1.52 bits per heavy atom. The van der Waals surface area contributed by atoms with Crippen molar-refractivity contribution in [2.45, 2.75) is 32.1 Å². The van der Waals surface area contributed by atoms with Crippen LogP contribution >= 0.6 is 11.6 Å². The highest BCUT2D eigenvalue weighted by molar-refractivity contribution is 6.30. The molecule has 3 aromatic carbocycles. The summed E-state index contributed by atoms with van der Waals surface area (Å²) in [5, 5.41) is 6.50. The van der Waals surface area contributed by atoms with Gasteiger partial charge in [-0.3, -0.25) is 14.4 Å².